The first-order valence-electron chi connectivity index (χ1n) is 9.13. The molecule has 1 amide bonds. The lowest BCUT2D eigenvalue weighted by Crippen LogP contribution is -2.40. The number of carbonyl (C=O) groups excluding carboxylic acids is 2. The van der Waals surface area contributed by atoms with E-state index in [0.717, 1.165) is 34.7 Å². The molecule has 26 heavy (non-hydrogen) atoms. The lowest BCUT2D eigenvalue weighted by atomic mass is 9.67. The van der Waals surface area contributed by atoms with Gasteiger partial charge in [0.05, 0.1) is 0 Å². The lowest BCUT2D eigenvalue weighted by molar-refractivity contribution is -0.136. The Bertz CT molecular complexity index is 819. The number of nitrogens with one attached hydrogen (secondary N) is 1. The molecule has 2 saturated carbocycles. The average Bonchev–Trinajstić information content (AvgIpc) is 3.03. The zero-order valence-electron chi connectivity index (χ0n) is 14.4. The Hall–Kier alpha value is -1.72. The largest absolute Gasteiger partial charge is 0.302 e. The minimum atomic E-state index is -0.0704. The molecule has 2 fully saturated rings. The predicted octanol–water partition coefficient (Wildman–Crippen LogP) is 4.72. The van der Waals surface area contributed by atoms with Crippen LogP contribution in [0, 0.1) is 17.8 Å². The van der Waals surface area contributed by atoms with Crippen molar-refractivity contribution in [3.05, 3.63) is 45.9 Å². The van der Waals surface area contributed by atoms with Crippen LogP contribution in [0.15, 0.2) is 30.5 Å². The number of benzene rings is 1. The molecule has 2 aromatic rings. The van der Waals surface area contributed by atoms with Crippen molar-refractivity contribution in [1.82, 2.24) is 4.98 Å². The van der Waals surface area contributed by atoms with E-state index < -0.39 is 0 Å². The number of amides is 1. The van der Waals surface area contributed by atoms with E-state index in [2.05, 4.69) is 10.3 Å². The van der Waals surface area contributed by atoms with Crippen LogP contribution in [0.4, 0.5) is 5.13 Å². The van der Waals surface area contributed by atoms with Crippen LogP contribution in [0.2, 0.25) is 5.02 Å². The fourth-order valence-corrected chi connectivity index (χ4v) is 5.22. The molecule has 1 heterocycles. The Morgan fingerprint density at radius 2 is 1.96 bits per heavy atom. The van der Waals surface area contributed by atoms with Crippen LogP contribution in [-0.4, -0.2) is 16.7 Å². The maximum atomic E-state index is 12.7. The second-order valence-corrected chi connectivity index (χ2v) is 8.81. The molecule has 136 valence electrons. The second kappa shape index (κ2) is 7.49. The highest BCUT2D eigenvalue weighted by molar-refractivity contribution is 7.15. The number of anilines is 1. The van der Waals surface area contributed by atoms with E-state index in [9.17, 15) is 9.59 Å². The third-order valence-corrected chi connectivity index (χ3v) is 6.81. The van der Waals surface area contributed by atoms with Gasteiger partial charge in [-0.15, -0.1) is 11.3 Å². The number of fused-ring (bicyclic) bond motifs is 2. The molecule has 2 unspecified atom stereocenters. The number of aromatic nitrogens is 1. The predicted molar refractivity (Wildman–Crippen MR) is 104 cm³/mol. The highest BCUT2D eigenvalue weighted by atomic mass is 35.5. The number of rotatable bonds is 4. The van der Waals surface area contributed by atoms with Crippen LogP contribution in [-0.2, 0) is 16.0 Å². The van der Waals surface area contributed by atoms with Gasteiger partial charge in [0.15, 0.2) is 5.13 Å². The number of hydrogen-bond acceptors (Lipinski definition) is 4. The summed E-state index contributed by atoms with van der Waals surface area (Å²) in [5, 5.41) is 4.33. The van der Waals surface area contributed by atoms with Crippen molar-refractivity contribution in [1.29, 1.82) is 0 Å². The summed E-state index contributed by atoms with van der Waals surface area (Å²) in [6, 6.07) is 7.75. The van der Waals surface area contributed by atoms with Gasteiger partial charge >= 0.3 is 0 Å². The van der Waals surface area contributed by atoms with Crippen LogP contribution in [0.3, 0.4) is 0 Å². The molecule has 0 aliphatic heterocycles. The van der Waals surface area contributed by atoms with Crippen molar-refractivity contribution in [2.24, 2.45) is 17.8 Å². The highest BCUT2D eigenvalue weighted by Gasteiger charge is 2.41. The first-order chi connectivity index (χ1) is 12.6. The van der Waals surface area contributed by atoms with Crippen molar-refractivity contribution in [2.75, 3.05) is 5.32 Å². The first-order valence-corrected chi connectivity index (χ1v) is 10.3. The minimum Gasteiger partial charge on any atom is -0.302 e. The molecular formula is C20H21ClN2O2S. The number of halogens is 1. The van der Waals surface area contributed by atoms with Gasteiger partial charge in [-0.3, -0.25) is 9.59 Å². The maximum absolute atomic E-state index is 12.7. The van der Waals surface area contributed by atoms with E-state index in [1.54, 1.807) is 6.20 Å². The van der Waals surface area contributed by atoms with Gasteiger partial charge in [-0.05, 0) is 37.3 Å². The molecule has 0 radical (unpaired) electrons. The Morgan fingerprint density at radius 1 is 1.23 bits per heavy atom. The topological polar surface area (TPSA) is 59.1 Å². The van der Waals surface area contributed by atoms with Crippen LogP contribution >= 0.6 is 22.9 Å². The molecule has 1 aromatic carbocycles. The summed E-state index contributed by atoms with van der Waals surface area (Å²) in [5.74, 6) is 0.499. The van der Waals surface area contributed by atoms with Crippen molar-refractivity contribution < 1.29 is 9.59 Å². The number of carbonyl (C=O) groups is 2. The minimum absolute atomic E-state index is 0.00745. The van der Waals surface area contributed by atoms with E-state index in [4.69, 9.17) is 11.6 Å². The van der Waals surface area contributed by atoms with Crippen molar-refractivity contribution in [2.45, 2.75) is 38.5 Å². The fraction of sp³-hybridized carbons (Fsp3) is 0.450. The second-order valence-electron chi connectivity index (χ2n) is 7.28. The Kier molecular flexibility index (Phi) is 5.09. The standard InChI is InChI=1S/C20H21ClN2O2S/c21-17-7-2-1-4-12(17)10-16-11-22-20(26-16)23-19(25)15-8-13-5-3-6-14(9-15)18(13)24/h1-2,4,7,11,13-15H,3,5-6,8-10H2,(H,22,23,25). The summed E-state index contributed by atoms with van der Waals surface area (Å²) < 4.78 is 0. The molecule has 6 heteroatoms. The van der Waals surface area contributed by atoms with Crippen molar-refractivity contribution >= 4 is 39.8 Å². The van der Waals surface area contributed by atoms with Crippen LogP contribution in [0.25, 0.3) is 0 Å². The first kappa shape index (κ1) is 17.7. The number of thiazole rings is 1. The summed E-state index contributed by atoms with van der Waals surface area (Å²) in [6.45, 7) is 0. The van der Waals surface area contributed by atoms with Crippen molar-refractivity contribution in [3.63, 3.8) is 0 Å². The highest BCUT2D eigenvalue weighted by Crippen LogP contribution is 2.40. The Labute approximate surface area is 162 Å². The van der Waals surface area contributed by atoms with Crippen LogP contribution in [0.1, 0.15) is 42.5 Å². The molecule has 0 saturated heterocycles. The summed E-state index contributed by atoms with van der Waals surface area (Å²) in [5.41, 5.74) is 1.05. The molecule has 1 aromatic heterocycles. The van der Waals surface area contributed by atoms with E-state index in [0.29, 0.717) is 30.2 Å². The number of hydrogen-bond donors (Lipinski definition) is 1. The summed E-state index contributed by atoms with van der Waals surface area (Å²) in [4.78, 5) is 30.2. The molecule has 1 N–H and O–H groups in total. The molecule has 0 spiro atoms. The van der Waals surface area contributed by atoms with Gasteiger partial charge < -0.3 is 5.32 Å². The fourth-order valence-electron chi connectivity index (χ4n) is 4.18. The Morgan fingerprint density at radius 3 is 2.69 bits per heavy atom. The lowest BCUT2D eigenvalue weighted by Gasteiger charge is -2.36. The van der Waals surface area contributed by atoms with E-state index >= 15 is 0 Å². The van der Waals surface area contributed by atoms with Gasteiger partial charge in [0.2, 0.25) is 5.91 Å². The molecule has 2 aliphatic rings. The van der Waals surface area contributed by atoms with Crippen LogP contribution < -0.4 is 5.32 Å². The van der Waals surface area contributed by atoms with Gasteiger partial charge in [-0.25, -0.2) is 4.98 Å². The van der Waals surface area contributed by atoms with Gasteiger partial charge in [-0.2, -0.15) is 0 Å². The summed E-state index contributed by atoms with van der Waals surface area (Å²) in [7, 11) is 0. The molecule has 4 nitrogen and oxygen atoms in total. The summed E-state index contributed by atoms with van der Waals surface area (Å²) in [6.07, 6.45) is 6.89. The molecule has 4 rings (SSSR count). The number of nitrogens with zero attached hydrogens (tertiary/aromatic N) is 1. The number of ketones is 1. The quantitative estimate of drug-likeness (QED) is 0.824. The zero-order valence-corrected chi connectivity index (χ0v) is 16.0. The monoisotopic (exact) mass is 388 g/mol. The SMILES string of the molecule is O=C(Nc1ncc(Cc2ccccc2Cl)s1)C1CC2CCCC(C1)C2=O. The third-order valence-electron chi connectivity index (χ3n) is 5.52. The Balaban J connectivity index is 1.39. The molecule has 2 bridgehead atoms. The van der Waals surface area contributed by atoms with E-state index in [1.807, 2.05) is 24.3 Å². The van der Waals surface area contributed by atoms with Gasteiger partial charge in [0, 0.05) is 40.3 Å². The third kappa shape index (κ3) is 3.69. The average molecular weight is 389 g/mol. The van der Waals surface area contributed by atoms with E-state index in [-0.39, 0.29) is 23.7 Å². The smallest absolute Gasteiger partial charge is 0.229 e. The van der Waals surface area contributed by atoms with E-state index in [1.165, 1.54) is 11.3 Å². The van der Waals surface area contributed by atoms with Crippen LogP contribution in [0.5, 0.6) is 0 Å². The van der Waals surface area contributed by atoms with Crippen molar-refractivity contribution in [3.8, 4) is 0 Å². The number of Topliss-reactive ketones (excluding diaryl/α,β-unsaturated/α-hetero) is 1. The molecular weight excluding hydrogens is 368 g/mol. The maximum Gasteiger partial charge on any atom is 0.229 e. The molecule has 2 atom stereocenters. The van der Waals surface area contributed by atoms with Gasteiger partial charge in [0.25, 0.3) is 0 Å². The summed E-state index contributed by atoms with van der Waals surface area (Å²) >= 11 is 7.69. The van der Waals surface area contributed by atoms with Gasteiger partial charge in [0.1, 0.15) is 5.78 Å². The normalized spacial score (nSPS) is 25.1. The zero-order chi connectivity index (χ0) is 18.1. The van der Waals surface area contributed by atoms with Gasteiger partial charge in [-0.1, -0.05) is 36.2 Å². The molecule has 2 aliphatic carbocycles.